The van der Waals surface area contributed by atoms with Crippen molar-refractivity contribution in [3.8, 4) is 0 Å². The molecule has 0 aliphatic heterocycles. The van der Waals surface area contributed by atoms with E-state index in [4.69, 9.17) is 4.74 Å². The lowest BCUT2D eigenvalue weighted by atomic mass is 10.0. The molecule has 0 spiro atoms. The summed E-state index contributed by atoms with van der Waals surface area (Å²) < 4.78 is 5.91. The molecular weight excluding hydrogens is 779 g/mol. The van der Waals surface area contributed by atoms with E-state index >= 15 is 0 Å². The third kappa shape index (κ3) is 45.7. The number of hydrogen-bond donors (Lipinski definition) is 3. The third-order valence-electron chi connectivity index (χ3n) is 11.9. The molecule has 1 amide bonds. The molecule has 364 valence electrons. The standard InChI is InChI=1S/C57H101NO5/c1-4-7-10-13-16-19-22-25-27-29-31-34-37-40-43-46-49-55(60)54(52-59)58-56(61)51-53(48-45-42-39-36-33-30-24-21-18-15-12-9-6-3)63-57(62)50-47-44-41-38-35-32-28-26-23-20-17-14-11-8-5-2/h9,12,15,17-18,20-21,23-24,26,30,33,53-55,59-60H,4-8,10-11,13-14,16,19,22,25,27-29,31-32,34-52H2,1-3H3,(H,58,61)/b12-9+,18-15+,20-17+,24-21+,26-23+,33-30-. The Bertz CT molecular complexity index is 1170. The monoisotopic (exact) mass is 880 g/mol. The van der Waals surface area contributed by atoms with Crippen LogP contribution in [-0.4, -0.2) is 46.9 Å². The number of rotatable bonds is 47. The van der Waals surface area contributed by atoms with Gasteiger partial charge in [-0.25, -0.2) is 0 Å². The van der Waals surface area contributed by atoms with Gasteiger partial charge in [0, 0.05) is 6.42 Å². The third-order valence-corrected chi connectivity index (χ3v) is 11.9. The molecule has 6 nitrogen and oxygen atoms in total. The molecule has 3 unspecified atom stereocenters. The Balaban J connectivity index is 4.60. The van der Waals surface area contributed by atoms with Gasteiger partial charge in [-0.05, 0) is 70.6 Å². The number of carbonyl (C=O) groups is 2. The predicted molar refractivity (Wildman–Crippen MR) is 273 cm³/mol. The summed E-state index contributed by atoms with van der Waals surface area (Å²) in [4.78, 5) is 26.2. The molecular formula is C57H101NO5. The molecule has 0 radical (unpaired) electrons. The highest BCUT2D eigenvalue weighted by molar-refractivity contribution is 5.77. The molecule has 0 saturated carbocycles. The summed E-state index contributed by atoms with van der Waals surface area (Å²) in [5, 5.41) is 23.8. The summed E-state index contributed by atoms with van der Waals surface area (Å²) in [5.74, 6) is -0.526. The summed E-state index contributed by atoms with van der Waals surface area (Å²) >= 11 is 0. The minimum absolute atomic E-state index is 0.0444. The molecule has 0 aliphatic rings. The zero-order valence-electron chi connectivity index (χ0n) is 41.4. The molecule has 63 heavy (non-hydrogen) atoms. The van der Waals surface area contributed by atoms with Crippen molar-refractivity contribution in [1.29, 1.82) is 0 Å². The molecule has 0 aromatic carbocycles. The first-order valence-corrected chi connectivity index (χ1v) is 26.7. The van der Waals surface area contributed by atoms with Crippen LogP contribution in [0.15, 0.2) is 72.9 Å². The van der Waals surface area contributed by atoms with Crippen LogP contribution in [0.3, 0.4) is 0 Å². The highest BCUT2D eigenvalue weighted by Gasteiger charge is 2.24. The summed E-state index contributed by atoms with van der Waals surface area (Å²) in [7, 11) is 0. The minimum Gasteiger partial charge on any atom is -0.462 e. The van der Waals surface area contributed by atoms with Crippen molar-refractivity contribution in [2.45, 2.75) is 270 Å². The second kappa shape index (κ2) is 50.3. The van der Waals surface area contributed by atoms with E-state index < -0.39 is 18.2 Å². The van der Waals surface area contributed by atoms with E-state index in [0.29, 0.717) is 19.3 Å². The highest BCUT2D eigenvalue weighted by atomic mass is 16.5. The molecule has 0 aromatic rings. The molecule has 0 bridgehead atoms. The number of nitrogens with one attached hydrogen (secondary N) is 1. The smallest absolute Gasteiger partial charge is 0.306 e. The Labute approximate surface area is 390 Å². The van der Waals surface area contributed by atoms with Gasteiger partial charge in [-0.3, -0.25) is 9.59 Å². The molecule has 0 saturated heterocycles. The van der Waals surface area contributed by atoms with Crippen LogP contribution in [0.25, 0.3) is 0 Å². The first-order valence-electron chi connectivity index (χ1n) is 26.7. The topological polar surface area (TPSA) is 95.9 Å². The average Bonchev–Trinajstić information content (AvgIpc) is 3.28. The van der Waals surface area contributed by atoms with E-state index in [0.717, 1.165) is 77.0 Å². The lowest BCUT2D eigenvalue weighted by Crippen LogP contribution is -2.46. The number of carbonyl (C=O) groups excluding carboxylic acids is 2. The van der Waals surface area contributed by atoms with Crippen molar-refractivity contribution in [3.63, 3.8) is 0 Å². The van der Waals surface area contributed by atoms with Crippen molar-refractivity contribution in [2.75, 3.05) is 6.61 Å². The van der Waals surface area contributed by atoms with Gasteiger partial charge in [-0.2, -0.15) is 0 Å². The number of allylic oxidation sites excluding steroid dienone is 12. The maximum absolute atomic E-state index is 13.2. The van der Waals surface area contributed by atoms with Crippen molar-refractivity contribution >= 4 is 11.9 Å². The van der Waals surface area contributed by atoms with Gasteiger partial charge in [0.2, 0.25) is 5.91 Å². The zero-order valence-corrected chi connectivity index (χ0v) is 41.4. The summed E-state index contributed by atoms with van der Waals surface area (Å²) in [5.41, 5.74) is 0. The first kappa shape index (κ1) is 60.3. The van der Waals surface area contributed by atoms with Crippen LogP contribution in [0.4, 0.5) is 0 Å². The molecule has 3 N–H and O–H groups in total. The second-order valence-corrected chi connectivity index (χ2v) is 18.0. The van der Waals surface area contributed by atoms with Gasteiger partial charge in [0.15, 0.2) is 0 Å². The predicted octanol–water partition coefficient (Wildman–Crippen LogP) is 16.2. The summed E-state index contributed by atoms with van der Waals surface area (Å²) in [6.07, 6.45) is 63.9. The quantitative estimate of drug-likeness (QED) is 0.0321. The molecule has 0 aromatic heterocycles. The second-order valence-electron chi connectivity index (χ2n) is 18.0. The van der Waals surface area contributed by atoms with Crippen molar-refractivity contribution in [3.05, 3.63) is 72.9 Å². The fourth-order valence-electron chi connectivity index (χ4n) is 7.84. The fourth-order valence-corrected chi connectivity index (χ4v) is 7.84. The number of esters is 1. The van der Waals surface area contributed by atoms with Crippen molar-refractivity contribution in [1.82, 2.24) is 5.32 Å². The number of amides is 1. The summed E-state index contributed by atoms with van der Waals surface area (Å²) in [6.45, 7) is 6.31. The van der Waals surface area contributed by atoms with E-state index in [1.54, 1.807) is 0 Å². The Hall–Kier alpha value is -2.70. The van der Waals surface area contributed by atoms with Crippen molar-refractivity contribution in [2.24, 2.45) is 0 Å². The van der Waals surface area contributed by atoms with Crippen LogP contribution in [-0.2, 0) is 14.3 Å². The van der Waals surface area contributed by atoms with Gasteiger partial charge in [-0.1, -0.05) is 241 Å². The lowest BCUT2D eigenvalue weighted by molar-refractivity contribution is -0.151. The number of aliphatic hydroxyl groups is 2. The molecule has 6 heteroatoms. The number of aliphatic hydroxyl groups excluding tert-OH is 2. The van der Waals surface area contributed by atoms with E-state index in [1.165, 1.54) is 128 Å². The van der Waals surface area contributed by atoms with E-state index in [2.05, 4.69) is 74.7 Å². The van der Waals surface area contributed by atoms with Gasteiger partial charge >= 0.3 is 5.97 Å². The average molecular weight is 880 g/mol. The largest absolute Gasteiger partial charge is 0.462 e. The Morgan fingerprint density at radius 2 is 0.857 bits per heavy atom. The number of hydrogen-bond acceptors (Lipinski definition) is 5. The molecule has 3 atom stereocenters. The normalized spacial score (nSPS) is 13.8. The minimum atomic E-state index is -0.804. The van der Waals surface area contributed by atoms with Crippen LogP contribution in [0, 0.1) is 0 Å². The lowest BCUT2D eigenvalue weighted by Gasteiger charge is -2.24. The Morgan fingerprint density at radius 1 is 0.476 bits per heavy atom. The van der Waals surface area contributed by atoms with Crippen LogP contribution in [0.2, 0.25) is 0 Å². The summed E-state index contributed by atoms with van der Waals surface area (Å²) in [6, 6.07) is -0.720. The molecule has 0 rings (SSSR count). The van der Waals surface area contributed by atoms with Crippen LogP contribution in [0.5, 0.6) is 0 Å². The number of unbranched alkanes of at least 4 members (excludes halogenated alkanes) is 27. The van der Waals surface area contributed by atoms with Gasteiger partial charge in [-0.15, -0.1) is 0 Å². The van der Waals surface area contributed by atoms with E-state index in [1.807, 2.05) is 24.3 Å². The van der Waals surface area contributed by atoms with Crippen LogP contribution in [0.1, 0.15) is 252 Å². The maximum Gasteiger partial charge on any atom is 0.306 e. The van der Waals surface area contributed by atoms with Crippen molar-refractivity contribution < 1.29 is 24.5 Å². The zero-order chi connectivity index (χ0) is 45.9. The van der Waals surface area contributed by atoms with E-state index in [-0.39, 0.29) is 24.9 Å². The number of ether oxygens (including phenoxy) is 1. The maximum atomic E-state index is 13.2. The molecule has 0 fully saturated rings. The Morgan fingerprint density at radius 3 is 1.37 bits per heavy atom. The van der Waals surface area contributed by atoms with Gasteiger partial charge < -0.3 is 20.3 Å². The van der Waals surface area contributed by atoms with Gasteiger partial charge in [0.25, 0.3) is 0 Å². The molecule has 0 aliphatic carbocycles. The van der Waals surface area contributed by atoms with Gasteiger partial charge in [0.05, 0.1) is 25.2 Å². The SMILES string of the molecule is CC/C=C/C=C/C=C/C=C\CCCCCC(CC(=O)NC(CO)C(O)CCCCCCCCCCCCCCCCCC)OC(=O)CCCCCCCC/C=C/C=C/CCCCC. The molecule has 0 heterocycles. The van der Waals surface area contributed by atoms with Crippen LogP contribution >= 0.6 is 0 Å². The first-order chi connectivity index (χ1) is 31.0. The fraction of sp³-hybridized carbons (Fsp3) is 0.754. The Kier molecular flexibility index (Phi) is 48.1. The van der Waals surface area contributed by atoms with Gasteiger partial charge in [0.1, 0.15) is 6.10 Å². The van der Waals surface area contributed by atoms with E-state index in [9.17, 15) is 19.8 Å². The highest BCUT2D eigenvalue weighted by Crippen LogP contribution is 2.18. The van der Waals surface area contributed by atoms with Crippen LogP contribution < -0.4 is 5.32 Å².